The Kier molecular flexibility index (Phi) is 9.44. The Morgan fingerprint density at radius 2 is 1.02 bits per heavy atom. The summed E-state index contributed by atoms with van der Waals surface area (Å²) in [5.41, 5.74) is 13.7. The van der Waals surface area contributed by atoms with Gasteiger partial charge >= 0.3 is 0 Å². The zero-order valence-corrected chi connectivity index (χ0v) is 34.6. The molecule has 6 heteroatoms. The lowest BCUT2D eigenvalue weighted by molar-refractivity contribution is 1.06. The van der Waals surface area contributed by atoms with E-state index in [2.05, 4.69) is 156 Å². The average Bonchev–Trinajstić information content (AvgIpc) is 3.87. The number of pyridine rings is 1. The Labute approximate surface area is 365 Å². The first-order valence-corrected chi connectivity index (χ1v) is 21.1. The van der Waals surface area contributed by atoms with Crippen molar-refractivity contribution in [2.24, 2.45) is 0 Å². The highest BCUT2D eigenvalue weighted by molar-refractivity contribution is 6.12. The van der Waals surface area contributed by atoms with Gasteiger partial charge in [-0.15, -0.1) is 0 Å². The number of nitrogens with zero attached hydrogens (tertiary/aromatic N) is 6. The van der Waals surface area contributed by atoms with Crippen LogP contribution in [0.25, 0.3) is 112 Å². The predicted molar refractivity (Wildman–Crippen MR) is 261 cm³/mol. The van der Waals surface area contributed by atoms with Crippen LogP contribution in [0.15, 0.2) is 219 Å². The Balaban J connectivity index is 0.985. The van der Waals surface area contributed by atoms with Crippen LogP contribution in [-0.4, -0.2) is 29.1 Å². The minimum absolute atomic E-state index is 0.521. The summed E-state index contributed by atoms with van der Waals surface area (Å²) < 4.78 is 4.70. The Hall–Kier alpha value is -8.48. The van der Waals surface area contributed by atoms with Crippen LogP contribution < -0.4 is 0 Å². The van der Waals surface area contributed by atoms with E-state index in [0.29, 0.717) is 23.2 Å². The summed E-state index contributed by atoms with van der Waals surface area (Å²) >= 11 is 0. The number of allylic oxidation sites excluding steroid dienone is 5. The molecule has 63 heavy (non-hydrogen) atoms. The fourth-order valence-corrected chi connectivity index (χ4v) is 8.78. The SMILES string of the molecule is C=C/C=C\C(=C/C)n1c2ccccc2c2cc(-c3ccc(-n4c5ccccc5c5ccc(-c6ccnc(-c7nc(-c8ccccc8)nc(-c8ccccc8)n7)c6)cc54)cc3)ccc21. The normalized spacial score (nSPS) is 12.0. The molecule has 298 valence electrons. The summed E-state index contributed by atoms with van der Waals surface area (Å²) in [5.74, 6) is 1.73. The van der Waals surface area contributed by atoms with Gasteiger partial charge < -0.3 is 9.13 Å². The van der Waals surface area contributed by atoms with Crippen molar-refractivity contribution < 1.29 is 0 Å². The van der Waals surface area contributed by atoms with Crippen LogP contribution in [0.3, 0.4) is 0 Å². The Morgan fingerprint density at radius 1 is 0.460 bits per heavy atom. The molecule has 7 aromatic carbocycles. The van der Waals surface area contributed by atoms with Gasteiger partial charge in [-0.3, -0.25) is 4.98 Å². The molecule has 0 radical (unpaired) electrons. The fraction of sp³-hybridized carbons (Fsp3) is 0.0175. The quantitative estimate of drug-likeness (QED) is 0.136. The van der Waals surface area contributed by atoms with Gasteiger partial charge in [0.05, 0.1) is 22.1 Å². The molecule has 11 aromatic rings. The second kappa shape index (κ2) is 15.8. The highest BCUT2D eigenvalue weighted by atomic mass is 15.0. The molecule has 0 unspecified atom stereocenters. The number of fused-ring (bicyclic) bond motifs is 6. The number of aromatic nitrogens is 6. The van der Waals surface area contributed by atoms with Crippen molar-refractivity contribution in [3.05, 3.63) is 219 Å². The zero-order valence-electron chi connectivity index (χ0n) is 34.6. The Bertz CT molecular complexity index is 3520. The third-order valence-electron chi connectivity index (χ3n) is 11.8. The molecule has 0 N–H and O–H groups in total. The topological polar surface area (TPSA) is 61.4 Å². The smallest absolute Gasteiger partial charge is 0.182 e. The van der Waals surface area contributed by atoms with E-state index in [0.717, 1.165) is 50.2 Å². The fourth-order valence-electron chi connectivity index (χ4n) is 8.78. The first-order chi connectivity index (χ1) is 31.1. The second-order valence-corrected chi connectivity index (χ2v) is 15.5. The first-order valence-electron chi connectivity index (χ1n) is 21.1. The van der Waals surface area contributed by atoms with Crippen molar-refractivity contribution in [2.45, 2.75) is 6.92 Å². The number of hydrogen-bond donors (Lipinski definition) is 0. The van der Waals surface area contributed by atoms with Gasteiger partial charge in [0.1, 0.15) is 5.69 Å². The van der Waals surface area contributed by atoms with Crippen molar-refractivity contribution in [1.82, 2.24) is 29.1 Å². The van der Waals surface area contributed by atoms with Crippen molar-refractivity contribution in [1.29, 1.82) is 0 Å². The lowest BCUT2D eigenvalue weighted by Crippen LogP contribution is -2.01. The van der Waals surface area contributed by atoms with Crippen LogP contribution in [0.5, 0.6) is 0 Å². The molecule has 11 rings (SSSR count). The molecule has 0 saturated carbocycles. The summed E-state index contributed by atoms with van der Waals surface area (Å²) in [4.78, 5) is 19.6. The molecular formula is C57H40N6. The molecule has 0 fully saturated rings. The average molecular weight is 809 g/mol. The molecule has 0 bridgehead atoms. The molecule has 6 nitrogen and oxygen atoms in total. The van der Waals surface area contributed by atoms with Crippen LogP contribution in [0.2, 0.25) is 0 Å². The molecule has 0 aliphatic rings. The minimum Gasteiger partial charge on any atom is -0.310 e. The second-order valence-electron chi connectivity index (χ2n) is 15.5. The van der Waals surface area contributed by atoms with Gasteiger partial charge in [0, 0.05) is 50.3 Å². The molecule has 0 amide bonds. The van der Waals surface area contributed by atoms with Gasteiger partial charge in [0.2, 0.25) is 0 Å². The largest absolute Gasteiger partial charge is 0.310 e. The van der Waals surface area contributed by atoms with Gasteiger partial charge in [-0.05, 0) is 89.9 Å². The third kappa shape index (κ3) is 6.71. The van der Waals surface area contributed by atoms with Crippen LogP contribution in [0.1, 0.15) is 6.92 Å². The van der Waals surface area contributed by atoms with Crippen LogP contribution in [0, 0.1) is 0 Å². The van der Waals surface area contributed by atoms with Crippen molar-refractivity contribution in [3.8, 4) is 62.2 Å². The molecule has 0 saturated heterocycles. The van der Waals surface area contributed by atoms with E-state index in [9.17, 15) is 0 Å². The summed E-state index contributed by atoms with van der Waals surface area (Å²) in [7, 11) is 0. The van der Waals surface area contributed by atoms with Gasteiger partial charge in [-0.1, -0.05) is 152 Å². The molecular weight excluding hydrogens is 769 g/mol. The van der Waals surface area contributed by atoms with Gasteiger partial charge in [-0.25, -0.2) is 15.0 Å². The van der Waals surface area contributed by atoms with Crippen molar-refractivity contribution in [2.75, 3.05) is 0 Å². The molecule has 0 atom stereocenters. The maximum absolute atomic E-state index is 4.95. The van der Waals surface area contributed by atoms with E-state index < -0.39 is 0 Å². The standard InChI is InChI=1S/C57H40N6/c1-3-5-20-44(4-2)62-52-24-15-13-22-47(52)49-35-41(28-32-53(49)62)38-25-29-45(30-26-38)63-51-23-14-12-21-46(51)48-31-27-42(37-54(48)63)43-33-34-58-50(36-43)57-60-55(39-16-8-6-9-17-39)59-56(61-57)40-18-10-7-11-19-40/h3-37H,1H2,2H3/b20-5-,44-4+. The van der Waals surface area contributed by atoms with E-state index in [1.165, 1.54) is 38.1 Å². The monoisotopic (exact) mass is 808 g/mol. The number of benzene rings is 7. The predicted octanol–water partition coefficient (Wildman–Crippen LogP) is 14.4. The summed E-state index contributed by atoms with van der Waals surface area (Å²) in [6.45, 7) is 5.96. The highest BCUT2D eigenvalue weighted by Crippen LogP contribution is 2.38. The number of hydrogen-bond acceptors (Lipinski definition) is 4. The Morgan fingerprint density at radius 3 is 1.71 bits per heavy atom. The third-order valence-corrected chi connectivity index (χ3v) is 11.8. The molecule has 0 spiro atoms. The van der Waals surface area contributed by atoms with Crippen molar-refractivity contribution >= 4 is 49.3 Å². The van der Waals surface area contributed by atoms with E-state index >= 15 is 0 Å². The number of rotatable bonds is 9. The zero-order chi connectivity index (χ0) is 42.3. The molecule has 4 heterocycles. The summed E-state index contributed by atoms with van der Waals surface area (Å²) in [5, 5.41) is 4.84. The first kappa shape index (κ1) is 37.5. The molecule has 4 aromatic heterocycles. The van der Waals surface area contributed by atoms with E-state index in [-0.39, 0.29) is 0 Å². The van der Waals surface area contributed by atoms with Crippen LogP contribution in [-0.2, 0) is 0 Å². The highest BCUT2D eigenvalue weighted by Gasteiger charge is 2.18. The van der Waals surface area contributed by atoms with E-state index in [1.807, 2.05) is 79.0 Å². The van der Waals surface area contributed by atoms with E-state index in [4.69, 9.17) is 19.9 Å². The summed E-state index contributed by atoms with van der Waals surface area (Å²) in [6.07, 6.45) is 9.89. The van der Waals surface area contributed by atoms with Gasteiger partial charge in [0.25, 0.3) is 0 Å². The lowest BCUT2D eigenvalue weighted by Gasteiger charge is -2.11. The minimum atomic E-state index is 0.521. The van der Waals surface area contributed by atoms with Gasteiger partial charge in [-0.2, -0.15) is 0 Å². The lowest BCUT2D eigenvalue weighted by atomic mass is 10.0. The van der Waals surface area contributed by atoms with Crippen molar-refractivity contribution in [3.63, 3.8) is 0 Å². The van der Waals surface area contributed by atoms with Crippen LogP contribution in [0.4, 0.5) is 0 Å². The van der Waals surface area contributed by atoms with E-state index in [1.54, 1.807) is 0 Å². The van der Waals surface area contributed by atoms with Gasteiger partial charge in [0.15, 0.2) is 17.5 Å². The molecule has 0 aliphatic carbocycles. The maximum Gasteiger partial charge on any atom is 0.182 e. The molecule has 0 aliphatic heterocycles. The maximum atomic E-state index is 4.95. The van der Waals surface area contributed by atoms with Crippen LogP contribution >= 0.6 is 0 Å². The summed E-state index contributed by atoms with van der Waals surface area (Å²) in [6, 6.07) is 63.9. The number of para-hydroxylation sites is 2.